The van der Waals surface area contributed by atoms with Crippen LogP contribution < -0.4 is 0 Å². The number of hydrogen-bond donors (Lipinski definition) is 3. The van der Waals surface area contributed by atoms with E-state index in [1.807, 2.05) is 18.2 Å². The summed E-state index contributed by atoms with van der Waals surface area (Å²) < 4.78 is 4.58. The first kappa shape index (κ1) is 25.3. The van der Waals surface area contributed by atoms with E-state index in [1.54, 1.807) is 12.2 Å². The van der Waals surface area contributed by atoms with Crippen molar-refractivity contribution < 1.29 is 24.9 Å². The van der Waals surface area contributed by atoms with Crippen molar-refractivity contribution in [2.24, 2.45) is 0 Å². The molecule has 1 rings (SSSR count). The molecule has 0 radical (unpaired) electrons. The molecule has 5 nitrogen and oxygen atoms in total. The van der Waals surface area contributed by atoms with Crippen LogP contribution in [0.5, 0.6) is 0 Å². The number of aliphatic hydroxyl groups is 3. The Morgan fingerprint density at radius 2 is 1.93 bits per heavy atom. The number of hydrogen-bond acceptors (Lipinski definition) is 5. The fourth-order valence-electron chi connectivity index (χ4n) is 3.23. The number of allylic oxidation sites excluding steroid dienone is 6. The standard InChI is InChI=1S/C24H38O5/c1-3-4-5-14-22(26)23(27)17-16-20-10-6-9-19(18-20)11-7-12-21(25)13-8-15-24(28)29-2/h7,11-12,16-18,21-23,25-27H,3-6,8-10,13-15H2,1-2H3/t21-,22-,23-/m1/s1. The molecule has 1 aliphatic carbocycles. The number of ether oxygens (including phenoxy) is 1. The zero-order chi connectivity index (χ0) is 21.5. The van der Waals surface area contributed by atoms with Gasteiger partial charge in [-0.15, -0.1) is 0 Å². The number of carbonyl (C=O) groups is 1. The van der Waals surface area contributed by atoms with Gasteiger partial charge in [-0.2, -0.15) is 0 Å². The van der Waals surface area contributed by atoms with Crippen molar-refractivity contribution in [2.45, 2.75) is 89.4 Å². The Bertz CT molecular complexity index is 588. The van der Waals surface area contributed by atoms with Crippen molar-refractivity contribution in [1.29, 1.82) is 0 Å². The highest BCUT2D eigenvalue weighted by atomic mass is 16.5. The van der Waals surface area contributed by atoms with Gasteiger partial charge in [0, 0.05) is 6.42 Å². The van der Waals surface area contributed by atoms with Crippen LogP contribution in [0, 0.1) is 0 Å². The second-order valence-corrected chi connectivity index (χ2v) is 7.65. The number of esters is 1. The molecular formula is C24H38O5. The first-order chi connectivity index (χ1) is 14.0. The summed E-state index contributed by atoms with van der Waals surface area (Å²) in [7, 11) is 1.36. The monoisotopic (exact) mass is 406 g/mol. The molecule has 0 amide bonds. The molecule has 0 heterocycles. The summed E-state index contributed by atoms with van der Waals surface area (Å²) in [6, 6.07) is 0. The fraction of sp³-hybridized carbons (Fsp3) is 0.625. The molecule has 0 aromatic heterocycles. The second-order valence-electron chi connectivity index (χ2n) is 7.65. The molecule has 0 saturated carbocycles. The third-order valence-corrected chi connectivity index (χ3v) is 5.06. The largest absolute Gasteiger partial charge is 0.469 e. The summed E-state index contributed by atoms with van der Waals surface area (Å²) in [5.74, 6) is -0.255. The maximum absolute atomic E-state index is 11.1. The van der Waals surface area contributed by atoms with Gasteiger partial charge in [0.25, 0.3) is 0 Å². The minimum Gasteiger partial charge on any atom is -0.469 e. The lowest BCUT2D eigenvalue weighted by Gasteiger charge is -2.16. The SMILES string of the molecule is CCCCC[C@@H](O)[C@H](O)C=CC1=CC(=CC=C[C@@H](O)CCCC(=O)OC)CCC1. The molecule has 3 N–H and O–H groups in total. The van der Waals surface area contributed by atoms with E-state index in [0.717, 1.165) is 44.1 Å². The summed E-state index contributed by atoms with van der Waals surface area (Å²) in [6.45, 7) is 2.12. The van der Waals surface area contributed by atoms with Gasteiger partial charge in [0.1, 0.15) is 0 Å². The predicted molar refractivity (Wildman–Crippen MR) is 116 cm³/mol. The van der Waals surface area contributed by atoms with Crippen LogP contribution in [0.2, 0.25) is 0 Å². The van der Waals surface area contributed by atoms with Crippen molar-refractivity contribution in [3.63, 3.8) is 0 Å². The number of carbonyl (C=O) groups excluding carboxylic acids is 1. The lowest BCUT2D eigenvalue weighted by Crippen LogP contribution is -2.23. The van der Waals surface area contributed by atoms with Crippen LogP contribution >= 0.6 is 0 Å². The molecule has 0 aliphatic heterocycles. The summed E-state index contributed by atoms with van der Waals surface area (Å²) in [5, 5.41) is 30.0. The number of aliphatic hydroxyl groups excluding tert-OH is 3. The Balaban J connectivity index is 2.49. The first-order valence-electron chi connectivity index (χ1n) is 10.8. The van der Waals surface area contributed by atoms with Crippen LogP contribution in [-0.2, 0) is 9.53 Å². The van der Waals surface area contributed by atoms with Crippen molar-refractivity contribution in [3.8, 4) is 0 Å². The Morgan fingerprint density at radius 3 is 2.66 bits per heavy atom. The van der Waals surface area contributed by atoms with Gasteiger partial charge in [0.05, 0.1) is 25.4 Å². The maximum Gasteiger partial charge on any atom is 0.305 e. The van der Waals surface area contributed by atoms with Crippen LogP contribution in [0.4, 0.5) is 0 Å². The zero-order valence-electron chi connectivity index (χ0n) is 17.9. The Morgan fingerprint density at radius 1 is 1.14 bits per heavy atom. The molecule has 5 heteroatoms. The summed E-state index contributed by atoms with van der Waals surface area (Å²) in [4.78, 5) is 11.1. The molecule has 0 aromatic rings. The molecule has 0 spiro atoms. The highest BCUT2D eigenvalue weighted by Crippen LogP contribution is 2.23. The molecule has 0 unspecified atom stereocenters. The lowest BCUT2D eigenvalue weighted by atomic mass is 9.94. The van der Waals surface area contributed by atoms with Gasteiger partial charge in [-0.05, 0) is 49.7 Å². The minimum atomic E-state index is -0.831. The molecule has 1 aliphatic rings. The maximum atomic E-state index is 11.1. The summed E-state index contributed by atoms with van der Waals surface area (Å²) >= 11 is 0. The van der Waals surface area contributed by atoms with E-state index in [1.165, 1.54) is 12.7 Å². The average Bonchev–Trinajstić information content (AvgIpc) is 2.72. The van der Waals surface area contributed by atoms with Crippen molar-refractivity contribution in [3.05, 3.63) is 47.6 Å². The topological polar surface area (TPSA) is 87.0 Å². The second kappa shape index (κ2) is 15.2. The van der Waals surface area contributed by atoms with Crippen LogP contribution in [0.3, 0.4) is 0 Å². The average molecular weight is 407 g/mol. The van der Waals surface area contributed by atoms with Crippen molar-refractivity contribution in [2.75, 3.05) is 7.11 Å². The molecular weight excluding hydrogens is 368 g/mol. The Kier molecular flexibility index (Phi) is 13.3. The van der Waals surface area contributed by atoms with Gasteiger partial charge in [-0.25, -0.2) is 0 Å². The molecule has 0 aromatic carbocycles. The smallest absolute Gasteiger partial charge is 0.305 e. The highest BCUT2D eigenvalue weighted by Gasteiger charge is 2.13. The van der Waals surface area contributed by atoms with Crippen LogP contribution in [0.25, 0.3) is 0 Å². The van der Waals surface area contributed by atoms with E-state index in [4.69, 9.17) is 0 Å². The van der Waals surface area contributed by atoms with Gasteiger partial charge < -0.3 is 20.1 Å². The van der Waals surface area contributed by atoms with E-state index < -0.39 is 18.3 Å². The van der Waals surface area contributed by atoms with Crippen LogP contribution in [0.15, 0.2) is 47.6 Å². The number of methoxy groups -OCH3 is 1. The van der Waals surface area contributed by atoms with E-state index >= 15 is 0 Å². The van der Waals surface area contributed by atoms with Crippen molar-refractivity contribution in [1.82, 2.24) is 0 Å². The van der Waals surface area contributed by atoms with Crippen LogP contribution in [-0.4, -0.2) is 46.7 Å². The van der Waals surface area contributed by atoms with E-state index in [0.29, 0.717) is 25.7 Å². The first-order valence-corrected chi connectivity index (χ1v) is 10.8. The lowest BCUT2D eigenvalue weighted by molar-refractivity contribution is -0.140. The number of unbranched alkanes of at least 4 members (excludes halogenated alkanes) is 2. The highest BCUT2D eigenvalue weighted by molar-refractivity contribution is 5.68. The Hall–Kier alpha value is -1.69. The van der Waals surface area contributed by atoms with Gasteiger partial charge >= 0.3 is 5.97 Å². The molecule has 0 saturated heterocycles. The van der Waals surface area contributed by atoms with Crippen LogP contribution in [0.1, 0.15) is 71.1 Å². The van der Waals surface area contributed by atoms with E-state index in [2.05, 4.69) is 17.7 Å². The molecule has 0 bridgehead atoms. The van der Waals surface area contributed by atoms with Gasteiger partial charge in [0.2, 0.25) is 0 Å². The van der Waals surface area contributed by atoms with Gasteiger partial charge in [0.15, 0.2) is 0 Å². The Labute approximate surface area is 175 Å². The van der Waals surface area contributed by atoms with E-state index in [9.17, 15) is 20.1 Å². The molecule has 0 fully saturated rings. The van der Waals surface area contributed by atoms with E-state index in [-0.39, 0.29) is 5.97 Å². The van der Waals surface area contributed by atoms with Crippen molar-refractivity contribution >= 4 is 5.97 Å². The normalized spacial score (nSPS) is 19.5. The zero-order valence-corrected chi connectivity index (χ0v) is 17.9. The molecule has 3 atom stereocenters. The fourth-order valence-corrected chi connectivity index (χ4v) is 3.23. The number of rotatable bonds is 13. The van der Waals surface area contributed by atoms with Gasteiger partial charge in [-0.3, -0.25) is 4.79 Å². The minimum absolute atomic E-state index is 0.255. The third kappa shape index (κ3) is 11.8. The summed E-state index contributed by atoms with van der Waals surface area (Å²) in [6.07, 6.45) is 17.3. The summed E-state index contributed by atoms with van der Waals surface area (Å²) in [5.41, 5.74) is 2.31. The molecule has 164 valence electrons. The predicted octanol–water partition coefficient (Wildman–Crippen LogP) is 4.14. The van der Waals surface area contributed by atoms with Gasteiger partial charge in [-0.1, -0.05) is 62.6 Å². The molecule has 29 heavy (non-hydrogen) atoms. The third-order valence-electron chi connectivity index (χ3n) is 5.06. The quantitative estimate of drug-likeness (QED) is 0.316.